The molecule has 3 nitrogen and oxygen atoms in total. The first kappa shape index (κ1) is 17.5. The summed E-state index contributed by atoms with van der Waals surface area (Å²) in [5.74, 6) is 1.15. The summed E-state index contributed by atoms with van der Waals surface area (Å²) in [5.41, 5.74) is 5.45. The lowest BCUT2D eigenvalue weighted by molar-refractivity contribution is -0.121. The second-order valence-corrected chi connectivity index (χ2v) is 6.50. The minimum Gasteiger partial charge on any atom is -0.354 e. The van der Waals surface area contributed by atoms with Crippen LogP contribution in [0.5, 0.6) is 0 Å². The zero-order valence-corrected chi connectivity index (χ0v) is 13.3. The fourth-order valence-electron chi connectivity index (χ4n) is 3.16. The molecule has 0 aromatic carbocycles. The number of carbonyl (C=O) groups excluding carboxylic acids is 1. The number of hydrogen-bond acceptors (Lipinski definition) is 2. The van der Waals surface area contributed by atoms with E-state index in [0.29, 0.717) is 12.5 Å². The van der Waals surface area contributed by atoms with Gasteiger partial charge in [-0.05, 0) is 45.1 Å². The highest BCUT2D eigenvalue weighted by Gasteiger charge is 2.15. The van der Waals surface area contributed by atoms with Crippen LogP contribution in [0.1, 0.15) is 84.0 Å². The van der Waals surface area contributed by atoms with Crippen LogP contribution in [0.15, 0.2) is 0 Å². The molecule has 0 aliphatic heterocycles. The van der Waals surface area contributed by atoms with Crippen molar-refractivity contribution >= 4 is 5.91 Å². The average Bonchev–Trinajstić information content (AvgIpc) is 2.46. The lowest BCUT2D eigenvalue weighted by atomic mass is 9.85. The molecule has 3 N–H and O–H groups in total. The van der Waals surface area contributed by atoms with E-state index >= 15 is 0 Å². The molecular weight excluding hydrogens is 248 g/mol. The Hall–Kier alpha value is -0.570. The van der Waals surface area contributed by atoms with E-state index in [1.54, 1.807) is 0 Å². The number of hydrogen-bond donors (Lipinski definition) is 2. The summed E-state index contributed by atoms with van der Waals surface area (Å²) in [5, 5.41) is 3.15. The normalized spacial score (nSPS) is 17.9. The number of nitrogens with one attached hydrogen (secondary N) is 1. The van der Waals surface area contributed by atoms with Crippen molar-refractivity contribution in [2.24, 2.45) is 11.7 Å². The summed E-state index contributed by atoms with van der Waals surface area (Å²) in [7, 11) is 0. The average molecular weight is 282 g/mol. The second-order valence-electron chi connectivity index (χ2n) is 6.50. The van der Waals surface area contributed by atoms with Crippen LogP contribution in [0.4, 0.5) is 0 Å². The molecule has 1 saturated carbocycles. The molecule has 20 heavy (non-hydrogen) atoms. The van der Waals surface area contributed by atoms with Gasteiger partial charge >= 0.3 is 0 Å². The van der Waals surface area contributed by atoms with Gasteiger partial charge < -0.3 is 11.1 Å². The van der Waals surface area contributed by atoms with Crippen LogP contribution < -0.4 is 11.1 Å². The molecular formula is C17H34N2O. The van der Waals surface area contributed by atoms with Crippen molar-refractivity contribution in [3.63, 3.8) is 0 Å². The Morgan fingerprint density at radius 3 is 2.55 bits per heavy atom. The Morgan fingerprint density at radius 2 is 1.85 bits per heavy atom. The van der Waals surface area contributed by atoms with E-state index < -0.39 is 0 Å². The number of carbonyl (C=O) groups is 1. The molecule has 1 atom stereocenters. The Balaban J connectivity index is 1.99. The standard InChI is InChI=1S/C17H34N2O/c1-15(12-13-16-9-5-4-6-10-16)19-17(20)11-7-2-3-8-14-18/h15-16H,2-14,18H2,1H3,(H,19,20). The van der Waals surface area contributed by atoms with Crippen LogP contribution in [0.2, 0.25) is 0 Å². The summed E-state index contributed by atoms with van der Waals surface area (Å²) in [4.78, 5) is 11.8. The third-order valence-corrected chi connectivity index (χ3v) is 4.50. The Morgan fingerprint density at radius 1 is 1.15 bits per heavy atom. The third kappa shape index (κ3) is 8.57. The molecule has 1 aliphatic rings. The SMILES string of the molecule is CC(CCC1CCCCC1)NC(=O)CCCCCCN. The van der Waals surface area contributed by atoms with Crippen molar-refractivity contribution in [3.8, 4) is 0 Å². The zero-order chi connectivity index (χ0) is 14.6. The van der Waals surface area contributed by atoms with Gasteiger partial charge in [0, 0.05) is 12.5 Å². The van der Waals surface area contributed by atoms with Crippen LogP contribution in [-0.2, 0) is 4.79 Å². The van der Waals surface area contributed by atoms with E-state index in [-0.39, 0.29) is 5.91 Å². The molecule has 0 aromatic rings. The fraction of sp³-hybridized carbons (Fsp3) is 0.941. The monoisotopic (exact) mass is 282 g/mol. The molecule has 1 rings (SSSR count). The van der Waals surface area contributed by atoms with Gasteiger partial charge in [0.2, 0.25) is 5.91 Å². The predicted octanol–water partition coefficient (Wildman–Crippen LogP) is 3.76. The van der Waals surface area contributed by atoms with Gasteiger partial charge in [-0.3, -0.25) is 4.79 Å². The van der Waals surface area contributed by atoms with Crippen LogP contribution >= 0.6 is 0 Å². The van der Waals surface area contributed by atoms with Crippen molar-refractivity contribution in [1.82, 2.24) is 5.32 Å². The summed E-state index contributed by atoms with van der Waals surface area (Å²) in [6, 6.07) is 0.341. The highest BCUT2D eigenvalue weighted by Crippen LogP contribution is 2.27. The van der Waals surface area contributed by atoms with Crippen molar-refractivity contribution in [3.05, 3.63) is 0 Å². The molecule has 0 aromatic heterocycles. The maximum Gasteiger partial charge on any atom is 0.220 e. The minimum absolute atomic E-state index is 0.230. The van der Waals surface area contributed by atoms with E-state index in [1.807, 2.05) is 0 Å². The van der Waals surface area contributed by atoms with E-state index in [2.05, 4.69) is 12.2 Å². The molecule has 0 saturated heterocycles. The van der Waals surface area contributed by atoms with Crippen LogP contribution in [-0.4, -0.2) is 18.5 Å². The molecule has 0 heterocycles. The van der Waals surface area contributed by atoms with Gasteiger partial charge in [0.15, 0.2) is 0 Å². The maximum absolute atomic E-state index is 11.8. The minimum atomic E-state index is 0.230. The molecule has 118 valence electrons. The molecule has 0 radical (unpaired) electrons. The lowest BCUT2D eigenvalue weighted by Gasteiger charge is -2.23. The molecule has 0 spiro atoms. The zero-order valence-electron chi connectivity index (χ0n) is 13.3. The lowest BCUT2D eigenvalue weighted by Crippen LogP contribution is -2.32. The first-order valence-corrected chi connectivity index (χ1v) is 8.71. The molecule has 1 aliphatic carbocycles. The first-order valence-electron chi connectivity index (χ1n) is 8.71. The summed E-state index contributed by atoms with van der Waals surface area (Å²) >= 11 is 0. The van der Waals surface area contributed by atoms with Gasteiger partial charge in [-0.25, -0.2) is 0 Å². The van der Waals surface area contributed by atoms with Gasteiger partial charge in [0.25, 0.3) is 0 Å². The number of amides is 1. The van der Waals surface area contributed by atoms with E-state index in [9.17, 15) is 4.79 Å². The predicted molar refractivity (Wildman–Crippen MR) is 85.6 cm³/mol. The van der Waals surface area contributed by atoms with Gasteiger partial charge in [0.05, 0.1) is 0 Å². The van der Waals surface area contributed by atoms with Crippen molar-refractivity contribution in [2.75, 3.05) is 6.54 Å². The highest BCUT2D eigenvalue weighted by atomic mass is 16.1. The van der Waals surface area contributed by atoms with Gasteiger partial charge in [-0.2, -0.15) is 0 Å². The van der Waals surface area contributed by atoms with E-state index in [4.69, 9.17) is 5.73 Å². The third-order valence-electron chi connectivity index (χ3n) is 4.50. The maximum atomic E-state index is 11.8. The smallest absolute Gasteiger partial charge is 0.220 e. The van der Waals surface area contributed by atoms with Crippen LogP contribution in [0.25, 0.3) is 0 Å². The molecule has 1 amide bonds. The molecule has 1 fully saturated rings. The summed E-state index contributed by atoms with van der Waals surface area (Å²) in [6.07, 6.45) is 14.5. The number of nitrogens with two attached hydrogens (primary N) is 1. The van der Waals surface area contributed by atoms with Gasteiger partial charge in [0.1, 0.15) is 0 Å². The van der Waals surface area contributed by atoms with E-state index in [1.165, 1.54) is 38.5 Å². The first-order chi connectivity index (χ1) is 9.72. The highest BCUT2D eigenvalue weighted by molar-refractivity contribution is 5.76. The van der Waals surface area contributed by atoms with E-state index in [0.717, 1.165) is 44.6 Å². The van der Waals surface area contributed by atoms with Crippen LogP contribution in [0, 0.1) is 5.92 Å². The largest absolute Gasteiger partial charge is 0.354 e. The topological polar surface area (TPSA) is 55.1 Å². The summed E-state index contributed by atoms with van der Waals surface area (Å²) in [6.45, 7) is 2.92. The van der Waals surface area contributed by atoms with Crippen molar-refractivity contribution < 1.29 is 4.79 Å². The van der Waals surface area contributed by atoms with Crippen LogP contribution in [0.3, 0.4) is 0 Å². The molecule has 0 bridgehead atoms. The van der Waals surface area contributed by atoms with Gasteiger partial charge in [-0.15, -0.1) is 0 Å². The number of rotatable bonds is 10. The fourth-order valence-corrected chi connectivity index (χ4v) is 3.16. The number of unbranched alkanes of at least 4 members (excludes halogenated alkanes) is 3. The quantitative estimate of drug-likeness (QED) is 0.599. The Bertz CT molecular complexity index is 249. The van der Waals surface area contributed by atoms with Crippen molar-refractivity contribution in [1.29, 1.82) is 0 Å². The summed E-state index contributed by atoms with van der Waals surface area (Å²) < 4.78 is 0. The van der Waals surface area contributed by atoms with Gasteiger partial charge in [-0.1, -0.05) is 44.9 Å². The van der Waals surface area contributed by atoms with Crippen molar-refractivity contribution in [2.45, 2.75) is 90.0 Å². The Kier molecular flexibility index (Phi) is 9.73. The molecule has 3 heteroatoms. The molecule has 1 unspecified atom stereocenters. The second kappa shape index (κ2) is 11.1. The Labute approximate surface area is 125 Å².